The molecule has 2 heterocycles. The number of nitrogens with zero attached hydrogens (tertiary/aromatic N) is 4. The number of benzene rings is 1. The fourth-order valence-electron chi connectivity index (χ4n) is 4.08. The van der Waals surface area contributed by atoms with Crippen LogP contribution in [0.5, 0.6) is 0 Å². The lowest BCUT2D eigenvalue weighted by atomic mass is 10.1. The number of amides is 1. The van der Waals surface area contributed by atoms with E-state index in [2.05, 4.69) is 20.1 Å². The van der Waals surface area contributed by atoms with Crippen LogP contribution in [-0.4, -0.2) is 93.1 Å². The van der Waals surface area contributed by atoms with Crippen molar-refractivity contribution in [3.63, 3.8) is 0 Å². The molecule has 2 aliphatic heterocycles. The van der Waals surface area contributed by atoms with Gasteiger partial charge in [0, 0.05) is 60.0 Å². The van der Waals surface area contributed by atoms with E-state index in [9.17, 15) is 9.18 Å². The number of piperidine rings is 1. The highest BCUT2D eigenvalue weighted by Gasteiger charge is 2.24. The number of halogens is 1. The smallest absolute Gasteiger partial charge is 0.236 e. The molecule has 8 heteroatoms. The first-order chi connectivity index (χ1) is 14.6. The zero-order valence-electron chi connectivity index (χ0n) is 18.1. The maximum atomic E-state index is 13.2. The van der Waals surface area contributed by atoms with Crippen LogP contribution in [0.15, 0.2) is 29.3 Å². The van der Waals surface area contributed by atoms with Gasteiger partial charge in [-0.05, 0) is 37.0 Å². The van der Waals surface area contributed by atoms with Gasteiger partial charge in [-0.2, -0.15) is 0 Å². The van der Waals surface area contributed by atoms with E-state index < -0.39 is 0 Å². The molecule has 1 amide bonds. The van der Waals surface area contributed by atoms with Crippen LogP contribution >= 0.6 is 0 Å². The number of carbonyl (C=O) groups excluding carboxylic acids is 1. The normalized spacial score (nSPS) is 19.6. The van der Waals surface area contributed by atoms with Crippen molar-refractivity contribution >= 4 is 11.9 Å². The van der Waals surface area contributed by atoms with Crippen molar-refractivity contribution in [3.8, 4) is 0 Å². The molecule has 3 rings (SSSR count). The lowest BCUT2D eigenvalue weighted by molar-refractivity contribution is -0.133. The molecule has 0 saturated carbocycles. The number of likely N-dealkylation sites (tertiary alicyclic amines) is 1. The number of hydrogen-bond donors (Lipinski definition) is 1. The van der Waals surface area contributed by atoms with E-state index in [-0.39, 0.29) is 17.8 Å². The third kappa shape index (κ3) is 6.15. The maximum Gasteiger partial charge on any atom is 0.236 e. The Kier molecular flexibility index (Phi) is 8.45. The zero-order valence-corrected chi connectivity index (χ0v) is 18.1. The van der Waals surface area contributed by atoms with Crippen molar-refractivity contribution in [3.05, 3.63) is 35.6 Å². The Labute approximate surface area is 178 Å². The molecule has 2 aliphatic rings. The number of ether oxygens (including phenoxy) is 1. The third-order valence-electron chi connectivity index (χ3n) is 5.92. The van der Waals surface area contributed by atoms with Crippen molar-refractivity contribution < 1.29 is 13.9 Å². The zero-order chi connectivity index (χ0) is 21.3. The summed E-state index contributed by atoms with van der Waals surface area (Å²) in [5.74, 6) is 0.822. The largest absolute Gasteiger partial charge is 0.375 e. The molecule has 1 aromatic carbocycles. The van der Waals surface area contributed by atoms with Gasteiger partial charge in [0.2, 0.25) is 5.91 Å². The second-order valence-corrected chi connectivity index (χ2v) is 7.91. The predicted molar refractivity (Wildman–Crippen MR) is 116 cm³/mol. The van der Waals surface area contributed by atoms with E-state index in [1.807, 2.05) is 4.90 Å². The Hall–Kier alpha value is -2.19. The van der Waals surface area contributed by atoms with Crippen LogP contribution in [0, 0.1) is 5.82 Å². The number of guanidine groups is 1. The number of rotatable bonds is 6. The number of nitrogens with one attached hydrogen (secondary N) is 1. The number of methoxy groups -OCH3 is 1. The Bertz CT molecular complexity index is 698. The minimum absolute atomic E-state index is 0.189. The molecule has 0 aliphatic carbocycles. The molecule has 30 heavy (non-hydrogen) atoms. The molecular weight excluding hydrogens is 385 g/mol. The minimum atomic E-state index is -0.256. The average Bonchev–Trinajstić information content (AvgIpc) is 2.79. The second-order valence-electron chi connectivity index (χ2n) is 7.91. The topological polar surface area (TPSA) is 60.4 Å². The van der Waals surface area contributed by atoms with E-state index in [1.165, 1.54) is 18.6 Å². The Balaban J connectivity index is 1.45. The highest BCUT2D eigenvalue weighted by atomic mass is 19.1. The maximum absolute atomic E-state index is 13.2. The van der Waals surface area contributed by atoms with E-state index in [4.69, 9.17) is 4.74 Å². The molecule has 166 valence electrons. The van der Waals surface area contributed by atoms with Gasteiger partial charge < -0.3 is 19.9 Å². The van der Waals surface area contributed by atoms with Gasteiger partial charge in [0.1, 0.15) is 5.82 Å². The fraction of sp³-hybridized carbons (Fsp3) is 0.636. The van der Waals surface area contributed by atoms with Crippen molar-refractivity contribution in [1.82, 2.24) is 20.0 Å². The number of aliphatic imine (C=N–C) groups is 1. The Morgan fingerprint density at radius 2 is 1.73 bits per heavy atom. The fourth-order valence-corrected chi connectivity index (χ4v) is 4.08. The van der Waals surface area contributed by atoms with Crippen molar-refractivity contribution in [2.24, 2.45) is 4.99 Å². The van der Waals surface area contributed by atoms with E-state index in [0.29, 0.717) is 13.1 Å². The van der Waals surface area contributed by atoms with E-state index in [0.717, 1.165) is 63.6 Å². The SMILES string of the molecule is CN=C(NCC(OC)c1ccc(F)cc1)N1CCN(CC(=O)N2CCCCC2)CC1. The summed E-state index contributed by atoms with van der Waals surface area (Å²) in [6.45, 7) is 6.19. The van der Waals surface area contributed by atoms with Crippen LogP contribution in [0.25, 0.3) is 0 Å². The van der Waals surface area contributed by atoms with Gasteiger partial charge in [-0.1, -0.05) is 12.1 Å². The molecule has 1 unspecified atom stereocenters. The van der Waals surface area contributed by atoms with Crippen LogP contribution in [0.1, 0.15) is 30.9 Å². The molecule has 0 bridgehead atoms. The molecular formula is C22H34FN5O2. The van der Waals surface area contributed by atoms with Crippen LogP contribution in [0.3, 0.4) is 0 Å². The lowest BCUT2D eigenvalue weighted by Crippen LogP contribution is -2.54. The summed E-state index contributed by atoms with van der Waals surface area (Å²) in [5.41, 5.74) is 0.919. The van der Waals surface area contributed by atoms with Crippen LogP contribution in [-0.2, 0) is 9.53 Å². The van der Waals surface area contributed by atoms with Crippen LogP contribution in [0.4, 0.5) is 4.39 Å². The van der Waals surface area contributed by atoms with Gasteiger partial charge in [0.05, 0.1) is 12.6 Å². The highest BCUT2D eigenvalue weighted by Crippen LogP contribution is 2.16. The number of carbonyl (C=O) groups is 1. The Morgan fingerprint density at radius 1 is 1.07 bits per heavy atom. The molecule has 0 radical (unpaired) electrons. The third-order valence-corrected chi connectivity index (χ3v) is 5.92. The standard InChI is InChI=1S/C22H34FN5O2/c1-24-22(25-16-20(30-2)18-6-8-19(23)9-7-18)28-14-12-26(13-15-28)17-21(29)27-10-4-3-5-11-27/h6-9,20H,3-5,10-17H2,1-2H3,(H,24,25). The molecule has 1 N–H and O–H groups in total. The van der Waals surface area contributed by atoms with Gasteiger partial charge >= 0.3 is 0 Å². The molecule has 7 nitrogen and oxygen atoms in total. The Morgan fingerprint density at radius 3 is 2.33 bits per heavy atom. The van der Waals surface area contributed by atoms with Gasteiger partial charge in [-0.25, -0.2) is 4.39 Å². The van der Waals surface area contributed by atoms with Crippen molar-refractivity contribution in [1.29, 1.82) is 0 Å². The van der Waals surface area contributed by atoms with Crippen molar-refractivity contribution in [2.75, 3.05) is 66.5 Å². The summed E-state index contributed by atoms with van der Waals surface area (Å²) in [6.07, 6.45) is 3.30. The van der Waals surface area contributed by atoms with E-state index >= 15 is 0 Å². The summed E-state index contributed by atoms with van der Waals surface area (Å²) in [5, 5.41) is 3.37. The minimum Gasteiger partial charge on any atom is -0.375 e. The summed E-state index contributed by atoms with van der Waals surface area (Å²) in [6, 6.07) is 6.37. The van der Waals surface area contributed by atoms with Crippen LogP contribution in [0.2, 0.25) is 0 Å². The van der Waals surface area contributed by atoms with Gasteiger partial charge in [-0.3, -0.25) is 14.7 Å². The number of hydrogen-bond acceptors (Lipinski definition) is 4. The first kappa shape index (κ1) is 22.5. The highest BCUT2D eigenvalue weighted by molar-refractivity contribution is 5.80. The molecule has 0 spiro atoms. The second kappa shape index (κ2) is 11.3. The monoisotopic (exact) mass is 419 g/mol. The lowest BCUT2D eigenvalue weighted by Gasteiger charge is -2.37. The van der Waals surface area contributed by atoms with Gasteiger partial charge in [-0.15, -0.1) is 0 Å². The summed E-state index contributed by atoms with van der Waals surface area (Å²) in [7, 11) is 3.42. The summed E-state index contributed by atoms with van der Waals surface area (Å²) < 4.78 is 18.7. The summed E-state index contributed by atoms with van der Waals surface area (Å²) in [4.78, 5) is 23.4. The molecule has 1 aromatic rings. The summed E-state index contributed by atoms with van der Waals surface area (Å²) >= 11 is 0. The molecule has 2 fully saturated rings. The van der Waals surface area contributed by atoms with Crippen molar-refractivity contribution in [2.45, 2.75) is 25.4 Å². The first-order valence-corrected chi connectivity index (χ1v) is 10.8. The van der Waals surface area contributed by atoms with E-state index in [1.54, 1.807) is 26.3 Å². The number of piperazine rings is 1. The molecule has 1 atom stereocenters. The predicted octanol–water partition coefficient (Wildman–Crippen LogP) is 1.72. The quantitative estimate of drug-likeness (QED) is 0.562. The van der Waals surface area contributed by atoms with Gasteiger partial charge in [0.15, 0.2) is 5.96 Å². The average molecular weight is 420 g/mol. The first-order valence-electron chi connectivity index (χ1n) is 10.8. The van der Waals surface area contributed by atoms with Crippen LogP contribution < -0.4 is 5.32 Å². The molecule has 2 saturated heterocycles. The molecule has 0 aromatic heterocycles. The van der Waals surface area contributed by atoms with Gasteiger partial charge in [0.25, 0.3) is 0 Å².